The molecule has 0 spiro atoms. The summed E-state index contributed by atoms with van der Waals surface area (Å²) in [6.07, 6.45) is 7.96. The van der Waals surface area contributed by atoms with E-state index in [-0.39, 0.29) is 5.78 Å². The lowest BCUT2D eigenvalue weighted by atomic mass is 9.76. The van der Waals surface area contributed by atoms with Crippen molar-refractivity contribution in [1.82, 2.24) is 0 Å². The Labute approximate surface area is 110 Å². The average molecular weight is 252 g/mol. The lowest BCUT2D eigenvalue weighted by Gasteiger charge is -2.28. The summed E-state index contributed by atoms with van der Waals surface area (Å²) in [5.41, 5.74) is -0.491. The molecule has 3 heteroatoms. The van der Waals surface area contributed by atoms with E-state index in [0.717, 1.165) is 31.4 Å². The minimum absolute atomic E-state index is 0.0668. The predicted molar refractivity (Wildman–Crippen MR) is 72.1 cm³/mol. The maximum atomic E-state index is 12.1. The van der Waals surface area contributed by atoms with Gasteiger partial charge in [-0.2, -0.15) is 0 Å². The SMILES string of the molecule is CCC[C@@H](O)/C=C/[C@]1(C)CCC(OCC)=CC1=O. The molecule has 0 radical (unpaired) electrons. The number of hydrogen-bond acceptors (Lipinski definition) is 3. The highest BCUT2D eigenvalue weighted by Gasteiger charge is 2.33. The third-order valence-electron chi connectivity index (χ3n) is 3.35. The summed E-state index contributed by atoms with van der Waals surface area (Å²) in [6, 6.07) is 0. The Morgan fingerprint density at radius 3 is 2.83 bits per heavy atom. The lowest BCUT2D eigenvalue weighted by molar-refractivity contribution is -0.122. The number of ether oxygens (including phenoxy) is 1. The largest absolute Gasteiger partial charge is 0.498 e. The third-order valence-corrected chi connectivity index (χ3v) is 3.35. The van der Waals surface area contributed by atoms with Crippen molar-refractivity contribution in [2.75, 3.05) is 6.61 Å². The Balaban J connectivity index is 2.68. The van der Waals surface area contributed by atoms with Gasteiger partial charge in [0.15, 0.2) is 5.78 Å². The van der Waals surface area contributed by atoms with Gasteiger partial charge in [-0.05, 0) is 26.7 Å². The molecule has 0 saturated heterocycles. The second-order valence-electron chi connectivity index (χ2n) is 5.04. The highest BCUT2D eigenvalue weighted by molar-refractivity contribution is 5.97. The van der Waals surface area contributed by atoms with Crippen molar-refractivity contribution >= 4 is 5.78 Å². The normalized spacial score (nSPS) is 26.2. The number of aliphatic hydroxyl groups is 1. The van der Waals surface area contributed by atoms with E-state index in [9.17, 15) is 9.90 Å². The maximum absolute atomic E-state index is 12.1. The van der Waals surface area contributed by atoms with Gasteiger partial charge in [0.25, 0.3) is 0 Å². The summed E-state index contributed by atoms with van der Waals surface area (Å²) in [5.74, 6) is 0.847. The van der Waals surface area contributed by atoms with Crippen LogP contribution in [0.4, 0.5) is 0 Å². The molecule has 102 valence electrons. The average Bonchev–Trinajstić information content (AvgIpc) is 2.33. The van der Waals surface area contributed by atoms with E-state index in [0.29, 0.717) is 6.61 Å². The Morgan fingerprint density at radius 1 is 1.56 bits per heavy atom. The van der Waals surface area contributed by atoms with E-state index in [1.807, 2.05) is 26.8 Å². The van der Waals surface area contributed by atoms with Gasteiger partial charge >= 0.3 is 0 Å². The first kappa shape index (κ1) is 15.0. The number of ketones is 1. The first-order valence-corrected chi connectivity index (χ1v) is 6.77. The zero-order valence-corrected chi connectivity index (χ0v) is 11.6. The molecular formula is C15H24O3. The van der Waals surface area contributed by atoms with E-state index in [1.165, 1.54) is 0 Å². The standard InChI is InChI=1S/C15H24O3/c1-4-6-12(16)7-9-15(3)10-8-13(18-5-2)11-14(15)17/h7,9,11-12,16H,4-6,8,10H2,1-3H3/b9-7+/t12-,15-/m1/s1. The molecule has 3 nitrogen and oxygen atoms in total. The van der Waals surface area contributed by atoms with Gasteiger partial charge in [-0.3, -0.25) is 4.79 Å². The molecule has 1 aliphatic carbocycles. The van der Waals surface area contributed by atoms with Gasteiger partial charge in [-0.25, -0.2) is 0 Å². The van der Waals surface area contributed by atoms with Gasteiger partial charge in [0.2, 0.25) is 0 Å². The molecule has 0 fully saturated rings. The Morgan fingerprint density at radius 2 is 2.28 bits per heavy atom. The lowest BCUT2D eigenvalue weighted by Crippen LogP contribution is -2.28. The van der Waals surface area contributed by atoms with Gasteiger partial charge < -0.3 is 9.84 Å². The van der Waals surface area contributed by atoms with Crippen LogP contribution >= 0.6 is 0 Å². The Hall–Kier alpha value is -1.09. The highest BCUT2D eigenvalue weighted by Crippen LogP contribution is 2.34. The second kappa shape index (κ2) is 6.74. The minimum Gasteiger partial charge on any atom is -0.498 e. The number of aliphatic hydroxyl groups excluding tert-OH is 1. The number of hydrogen-bond donors (Lipinski definition) is 1. The number of carbonyl (C=O) groups is 1. The van der Waals surface area contributed by atoms with E-state index >= 15 is 0 Å². The molecule has 0 aliphatic heterocycles. The molecule has 1 N–H and O–H groups in total. The van der Waals surface area contributed by atoms with Crippen LogP contribution < -0.4 is 0 Å². The molecule has 2 atom stereocenters. The van der Waals surface area contributed by atoms with E-state index < -0.39 is 11.5 Å². The van der Waals surface area contributed by atoms with E-state index in [4.69, 9.17) is 4.74 Å². The van der Waals surface area contributed by atoms with Gasteiger partial charge in [0, 0.05) is 17.9 Å². The maximum Gasteiger partial charge on any atom is 0.168 e. The van der Waals surface area contributed by atoms with Gasteiger partial charge in [0.1, 0.15) is 0 Å². The molecule has 0 amide bonds. The van der Waals surface area contributed by atoms with Crippen LogP contribution in [-0.4, -0.2) is 23.6 Å². The summed E-state index contributed by atoms with van der Waals surface area (Å²) in [4.78, 5) is 12.1. The first-order valence-electron chi connectivity index (χ1n) is 6.77. The van der Waals surface area contributed by atoms with Gasteiger partial charge in [0.05, 0.1) is 18.5 Å². The monoisotopic (exact) mass is 252 g/mol. The second-order valence-corrected chi connectivity index (χ2v) is 5.04. The van der Waals surface area contributed by atoms with Crippen LogP contribution in [0.25, 0.3) is 0 Å². The van der Waals surface area contributed by atoms with Crippen molar-refractivity contribution in [1.29, 1.82) is 0 Å². The number of allylic oxidation sites excluding steroid dienone is 3. The zero-order chi connectivity index (χ0) is 13.6. The van der Waals surface area contributed by atoms with Gasteiger partial charge in [-0.1, -0.05) is 25.5 Å². The molecule has 0 heterocycles. The fourth-order valence-electron chi connectivity index (χ4n) is 2.07. The van der Waals surface area contributed by atoms with Gasteiger partial charge in [-0.15, -0.1) is 0 Å². The molecule has 1 aliphatic rings. The molecule has 0 aromatic rings. The molecular weight excluding hydrogens is 228 g/mol. The molecule has 0 aromatic heterocycles. The van der Waals surface area contributed by atoms with E-state index in [2.05, 4.69) is 0 Å². The quantitative estimate of drug-likeness (QED) is 0.739. The van der Waals surface area contributed by atoms with Crippen LogP contribution in [0.2, 0.25) is 0 Å². The summed E-state index contributed by atoms with van der Waals surface area (Å²) >= 11 is 0. The molecule has 18 heavy (non-hydrogen) atoms. The van der Waals surface area contributed by atoms with Crippen LogP contribution in [0.3, 0.4) is 0 Å². The predicted octanol–water partition coefficient (Wildman–Crippen LogP) is 2.99. The molecule has 0 aromatic carbocycles. The van der Waals surface area contributed by atoms with Crippen molar-refractivity contribution in [3.8, 4) is 0 Å². The van der Waals surface area contributed by atoms with Crippen LogP contribution in [0.15, 0.2) is 24.0 Å². The van der Waals surface area contributed by atoms with Crippen molar-refractivity contribution < 1.29 is 14.6 Å². The van der Waals surface area contributed by atoms with Crippen molar-refractivity contribution in [3.63, 3.8) is 0 Å². The Bertz CT molecular complexity index is 344. The van der Waals surface area contributed by atoms with Crippen LogP contribution in [0.1, 0.15) is 46.5 Å². The first-order chi connectivity index (χ1) is 8.51. The third kappa shape index (κ3) is 3.98. The number of carbonyl (C=O) groups excluding carboxylic acids is 1. The molecule has 0 unspecified atom stereocenters. The fourth-order valence-corrected chi connectivity index (χ4v) is 2.07. The molecule has 0 saturated carbocycles. The van der Waals surface area contributed by atoms with Crippen LogP contribution in [0, 0.1) is 5.41 Å². The van der Waals surface area contributed by atoms with Crippen molar-refractivity contribution in [2.24, 2.45) is 5.41 Å². The van der Waals surface area contributed by atoms with Crippen LogP contribution in [-0.2, 0) is 9.53 Å². The molecule has 0 bridgehead atoms. The smallest absolute Gasteiger partial charge is 0.168 e. The fraction of sp³-hybridized carbons (Fsp3) is 0.667. The number of rotatable bonds is 6. The molecule has 1 rings (SSSR count). The summed E-state index contributed by atoms with van der Waals surface area (Å²) in [6.45, 7) is 6.46. The summed E-state index contributed by atoms with van der Waals surface area (Å²) in [5, 5.41) is 9.68. The summed E-state index contributed by atoms with van der Waals surface area (Å²) in [7, 11) is 0. The minimum atomic E-state index is -0.491. The topological polar surface area (TPSA) is 46.5 Å². The summed E-state index contributed by atoms with van der Waals surface area (Å²) < 4.78 is 5.38. The Kier molecular flexibility index (Phi) is 5.60. The van der Waals surface area contributed by atoms with Crippen molar-refractivity contribution in [3.05, 3.63) is 24.0 Å². The zero-order valence-electron chi connectivity index (χ0n) is 11.6. The van der Waals surface area contributed by atoms with Crippen LogP contribution in [0.5, 0.6) is 0 Å². The van der Waals surface area contributed by atoms with E-state index in [1.54, 1.807) is 12.2 Å². The van der Waals surface area contributed by atoms with Crippen molar-refractivity contribution in [2.45, 2.75) is 52.6 Å². The highest BCUT2D eigenvalue weighted by atomic mass is 16.5.